The van der Waals surface area contributed by atoms with Gasteiger partial charge in [-0.15, -0.1) is 0 Å². The summed E-state index contributed by atoms with van der Waals surface area (Å²) in [6.07, 6.45) is 29.0. The van der Waals surface area contributed by atoms with Crippen LogP contribution in [0.2, 0.25) is 0 Å². The number of quaternary nitrogens is 1. The van der Waals surface area contributed by atoms with Crippen molar-refractivity contribution in [3.8, 4) is 0 Å². The predicted octanol–water partition coefficient (Wildman–Crippen LogP) is 8.11. The Morgan fingerprint density at radius 2 is 0.903 bits per heavy atom. The Hall–Kier alpha value is 0.270. The number of hydrogen-bond acceptors (Lipinski definition) is 2. The molecule has 1 aliphatic heterocycles. The summed E-state index contributed by atoms with van der Waals surface area (Å²) in [5.41, 5.74) is 0. The summed E-state index contributed by atoms with van der Waals surface area (Å²) in [6.45, 7) is 7.19. The van der Waals surface area contributed by atoms with Crippen LogP contribution in [-0.4, -0.2) is 62.0 Å². The van der Waals surface area contributed by atoms with E-state index in [1.54, 1.807) is 0 Å². The van der Waals surface area contributed by atoms with E-state index in [0.29, 0.717) is 0 Å². The van der Waals surface area contributed by atoms with E-state index < -0.39 is 0 Å². The summed E-state index contributed by atoms with van der Waals surface area (Å²) in [4.78, 5) is 2.31. The Morgan fingerprint density at radius 3 is 1.32 bits per heavy atom. The van der Waals surface area contributed by atoms with Crippen LogP contribution in [0.1, 0.15) is 128 Å². The van der Waals surface area contributed by atoms with Gasteiger partial charge in [0.05, 0.1) is 26.2 Å². The van der Waals surface area contributed by atoms with Crippen LogP contribution in [-0.2, 0) is 0 Å². The zero-order chi connectivity index (χ0) is 22.5. The Balaban J connectivity index is 2.02. The molecule has 186 valence electrons. The fourth-order valence-corrected chi connectivity index (χ4v) is 5.70. The van der Waals surface area contributed by atoms with Crippen molar-refractivity contribution >= 4 is 12.6 Å². The van der Waals surface area contributed by atoms with Crippen molar-refractivity contribution in [3.63, 3.8) is 0 Å². The lowest BCUT2D eigenvalue weighted by Gasteiger charge is -2.42. The van der Waals surface area contributed by atoms with Gasteiger partial charge in [-0.3, -0.25) is 0 Å². The second kappa shape index (κ2) is 20.8. The second-order valence-electron chi connectivity index (χ2n) is 10.8. The Labute approximate surface area is 202 Å². The van der Waals surface area contributed by atoms with Gasteiger partial charge in [-0.25, -0.2) is 0 Å². The third-order valence-corrected chi connectivity index (χ3v) is 7.86. The highest BCUT2D eigenvalue weighted by atomic mass is 32.1. The Morgan fingerprint density at radius 1 is 0.516 bits per heavy atom. The van der Waals surface area contributed by atoms with Crippen LogP contribution in [0.15, 0.2) is 0 Å². The lowest BCUT2D eigenvalue weighted by atomic mass is 10.0. The molecule has 2 nitrogen and oxygen atoms in total. The summed E-state index contributed by atoms with van der Waals surface area (Å²) in [6, 6.07) is 0. The van der Waals surface area contributed by atoms with Crippen LogP contribution in [0.4, 0.5) is 0 Å². The summed E-state index contributed by atoms with van der Waals surface area (Å²) in [5, 5.41) is 0. The minimum atomic E-state index is 1.07. The highest BCUT2D eigenvalue weighted by Gasteiger charge is 2.28. The van der Waals surface area contributed by atoms with Crippen LogP contribution in [0, 0.1) is 0 Å². The van der Waals surface area contributed by atoms with Crippen molar-refractivity contribution in [2.45, 2.75) is 128 Å². The normalized spacial score (nSPS) is 16.3. The molecule has 0 unspecified atom stereocenters. The first-order valence-corrected chi connectivity index (χ1v) is 14.9. The summed E-state index contributed by atoms with van der Waals surface area (Å²) >= 11 is 4.31. The van der Waals surface area contributed by atoms with Gasteiger partial charge in [0, 0.05) is 0 Å². The topological polar surface area (TPSA) is 3.24 Å². The van der Waals surface area contributed by atoms with Gasteiger partial charge >= 0.3 is 0 Å². The van der Waals surface area contributed by atoms with E-state index in [9.17, 15) is 0 Å². The molecule has 1 aliphatic rings. The molecule has 0 aliphatic carbocycles. The van der Waals surface area contributed by atoms with E-state index in [1.165, 1.54) is 166 Å². The van der Waals surface area contributed by atoms with Gasteiger partial charge in [0.25, 0.3) is 0 Å². The molecule has 0 bridgehead atoms. The molecule has 3 heteroatoms. The van der Waals surface area contributed by atoms with Gasteiger partial charge < -0.3 is 9.38 Å². The smallest absolute Gasteiger partial charge is 0.0786 e. The summed E-state index contributed by atoms with van der Waals surface area (Å²) < 4.78 is 1.48. The molecule has 31 heavy (non-hydrogen) atoms. The van der Waals surface area contributed by atoms with E-state index in [0.717, 1.165) is 5.75 Å². The van der Waals surface area contributed by atoms with Gasteiger partial charge in [-0.1, -0.05) is 70.6 Å². The number of rotatable bonds is 22. The second-order valence-corrected chi connectivity index (χ2v) is 11.3. The highest BCUT2D eigenvalue weighted by molar-refractivity contribution is 7.80. The van der Waals surface area contributed by atoms with Crippen molar-refractivity contribution in [1.29, 1.82) is 0 Å². The van der Waals surface area contributed by atoms with E-state index in [1.807, 2.05) is 0 Å². The molecule has 0 aromatic rings. The fourth-order valence-electron chi connectivity index (χ4n) is 5.47. The summed E-state index contributed by atoms with van der Waals surface area (Å²) in [5.74, 6) is 1.07. The fraction of sp³-hybridized carbons (Fsp3) is 1.00. The predicted molar refractivity (Wildman–Crippen MR) is 144 cm³/mol. The Kier molecular flexibility index (Phi) is 19.7. The van der Waals surface area contributed by atoms with Crippen molar-refractivity contribution in [3.05, 3.63) is 0 Å². The largest absolute Gasteiger partial charge is 0.324 e. The van der Waals surface area contributed by atoms with E-state index in [2.05, 4.69) is 31.6 Å². The van der Waals surface area contributed by atoms with Gasteiger partial charge in [0.1, 0.15) is 0 Å². The molecule has 0 spiro atoms. The molecule has 1 saturated heterocycles. The molecule has 0 aromatic heterocycles. The highest BCUT2D eigenvalue weighted by Crippen LogP contribution is 2.22. The molecule has 0 aromatic carbocycles. The van der Waals surface area contributed by atoms with Crippen LogP contribution in [0.5, 0.6) is 0 Å². The number of nitrogens with zero attached hydrogens (tertiary/aromatic N) is 2. The molecule has 0 amide bonds. The number of hydrogen-bond donors (Lipinski definition) is 1. The molecule has 0 radical (unpaired) electrons. The van der Waals surface area contributed by atoms with Crippen LogP contribution >= 0.6 is 12.6 Å². The Bertz CT molecular complexity index is 366. The molecule has 0 saturated carbocycles. The van der Waals surface area contributed by atoms with Gasteiger partial charge in [0.15, 0.2) is 0 Å². The third kappa shape index (κ3) is 17.4. The standard InChI is InChI=1S/C28H58N2S/c1-29(2)23-17-12-8-4-6-10-14-19-25-30(26-20-16-21-27-30)24-18-13-9-5-3-7-11-15-22-28-31/h3-28H2,1-2H3/p+1. The lowest BCUT2D eigenvalue weighted by Crippen LogP contribution is -2.52. The molecular weight excluding hydrogens is 396 g/mol. The maximum atomic E-state index is 4.31. The quantitative estimate of drug-likeness (QED) is 0.0980. The van der Waals surface area contributed by atoms with Gasteiger partial charge in [-0.2, -0.15) is 12.6 Å². The van der Waals surface area contributed by atoms with E-state index in [-0.39, 0.29) is 0 Å². The van der Waals surface area contributed by atoms with Crippen molar-refractivity contribution in [1.82, 2.24) is 4.90 Å². The first-order valence-electron chi connectivity index (χ1n) is 14.3. The van der Waals surface area contributed by atoms with Gasteiger partial charge in [-0.05, 0) is 84.2 Å². The number of unbranched alkanes of at least 4 members (excludes halogenated alkanes) is 15. The molecule has 1 fully saturated rings. The lowest BCUT2D eigenvalue weighted by molar-refractivity contribution is -0.932. The van der Waals surface area contributed by atoms with E-state index >= 15 is 0 Å². The maximum Gasteiger partial charge on any atom is 0.0786 e. The zero-order valence-electron chi connectivity index (χ0n) is 21.7. The first kappa shape index (κ1) is 29.3. The van der Waals surface area contributed by atoms with Crippen molar-refractivity contribution in [2.75, 3.05) is 52.6 Å². The molecule has 0 N–H and O–H groups in total. The molecule has 0 atom stereocenters. The summed E-state index contributed by atoms with van der Waals surface area (Å²) in [7, 11) is 4.37. The third-order valence-electron chi connectivity index (χ3n) is 7.54. The molecular formula is C28H59N2S+. The molecule has 1 rings (SSSR count). The molecule has 1 heterocycles. The number of piperidine rings is 1. The SMILES string of the molecule is CN(C)CCCCCCCCCC[N+]1(CCCCCCCCCCCS)CCCCC1. The maximum absolute atomic E-state index is 4.31. The van der Waals surface area contributed by atoms with Crippen LogP contribution < -0.4 is 0 Å². The minimum absolute atomic E-state index is 1.07. The van der Waals surface area contributed by atoms with Crippen molar-refractivity contribution in [2.24, 2.45) is 0 Å². The number of likely N-dealkylation sites (tertiary alicyclic amines) is 1. The van der Waals surface area contributed by atoms with Crippen LogP contribution in [0.3, 0.4) is 0 Å². The van der Waals surface area contributed by atoms with Crippen molar-refractivity contribution < 1.29 is 4.48 Å². The first-order chi connectivity index (χ1) is 15.2. The minimum Gasteiger partial charge on any atom is -0.324 e. The zero-order valence-corrected chi connectivity index (χ0v) is 22.6. The monoisotopic (exact) mass is 455 g/mol. The average Bonchev–Trinajstić information content (AvgIpc) is 2.77. The average molecular weight is 456 g/mol. The van der Waals surface area contributed by atoms with E-state index in [4.69, 9.17) is 0 Å². The van der Waals surface area contributed by atoms with Crippen LogP contribution in [0.25, 0.3) is 0 Å². The number of thiol groups is 1. The van der Waals surface area contributed by atoms with Gasteiger partial charge in [0.2, 0.25) is 0 Å².